The lowest BCUT2D eigenvalue weighted by Crippen LogP contribution is -2.38. The van der Waals surface area contributed by atoms with E-state index in [1.54, 1.807) is 0 Å². The average Bonchev–Trinajstić information content (AvgIpc) is 2.38. The summed E-state index contributed by atoms with van der Waals surface area (Å²) in [5.74, 6) is 0.156. The highest BCUT2D eigenvalue weighted by Crippen LogP contribution is 2.25. The van der Waals surface area contributed by atoms with Gasteiger partial charge in [-0.05, 0) is 18.0 Å². The zero-order chi connectivity index (χ0) is 14.3. The molecule has 0 aliphatic heterocycles. The first kappa shape index (κ1) is 16.1. The second-order valence-corrected chi connectivity index (χ2v) is 4.88. The van der Waals surface area contributed by atoms with Crippen LogP contribution < -0.4 is 5.32 Å². The summed E-state index contributed by atoms with van der Waals surface area (Å²) in [6.45, 7) is 6.23. The molecule has 1 N–H and O–H groups in total. The van der Waals surface area contributed by atoms with Gasteiger partial charge < -0.3 is 10.1 Å². The van der Waals surface area contributed by atoms with Crippen molar-refractivity contribution in [3.63, 3.8) is 0 Å². The lowest BCUT2D eigenvalue weighted by atomic mass is 9.93. The molecule has 0 aliphatic rings. The molecule has 0 bridgehead atoms. The Morgan fingerprint density at radius 1 is 1.16 bits per heavy atom. The van der Waals surface area contributed by atoms with Crippen molar-refractivity contribution in [2.45, 2.75) is 39.3 Å². The van der Waals surface area contributed by atoms with Crippen LogP contribution >= 0.6 is 0 Å². The quantitative estimate of drug-likeness (QED) is 0.779. The minimum absolute atomic E-state index is 0.0649. The van der Waals surface area contributed by atoms with Crippen molar-refractivity contribution < 1.29 is 13.5 Å². The Bertz CT molecular complexity index is 343. The zero-order valence-corrected chi connectivity index (χ0v) is 11.8. The van der Waals surface area contributed by atoms with Crippen LogP contribution in [0, 0.1) is 5.92 Å². The second kappa shape index (κ2) is 8.23. The fraction of sp³-hybridized carbons (Fsp3) is 0.600. The molecule has 1 rings (SSSR count). The molecule has 2 unspecified atom stereocenters. The number of alkyl halides is 2. The molecule has 0 radical (unpaired) electrons. The third-order valence-electron chi connectivity index (χ3n) is 2.98. The molecule has 0 heterocycles. The first-order valence-electron chi connectivity index (χ1n) is 6.74. The number of benzene rings is 1. The molecule has 0 aromatic heterocycles. The molecule has 1 aromatic carbocycles. The van der Waals surface area contributed by atoms with Gasteiger partial charge in [0.1, 0.15) is 6.61 Å². The van der Waals surface area contributed by atoms with Crippen LogP contribution in [0.2, 0.25) is 0 Å². The largest absolute Gasteiger partial charge is 0.370 e. The SMILES string of the molecule is CCNC(c1ccccc1)C(OCC(F)F)C(C)C. The third-order valence-corrected chi connectivity index (χ3v) is 2.98. The maximum Gasteiger partial charge on any atom is 0.261 e. The van der Waals surface area contributed by atoms with Crippen molar-refractivity contribution in [2.75, 3.05) is 13.2 Å². The fourth-order valence-corrected chi connectivity index (χ4v) is 2.16. The molecular weight excluding hydrogens is 248 g/mol. The first-order chi connectivity index (χ1) is 9.06. The van der Waals surface area contributed by atoms with Crippen LogP contribution in [0.4, 0.5) is 8.78 Å². The van der Waals surface area contributed by atoms with Crippen molar-refractivity contribution in [2.24, 2.45) is 5.92 Å². The van der Waals surface area contributed by atoms with Gasteiger partial charge in [0, 0.05) is 0 Å². The summed E-state index contributed by atoms with van der Waals surface area (Å²) >= 11 is 0. The van der Waals surface area contributed by atoms with E-state index in [0.717, 1.165) is 12.1 Å². The van der Waals surface area contributed by atoms with Crippen LogP contribution in [-0.2, 0) is 4.74 Å². The van der Waals surface area contributed by atoms with Crippen LogP contribution in [-0.4, -0.2) is 25.7 Å². The predicted molar refractivity (Wildman–Crippen MR) is 73.4 cm³/mol. The Morgan fingerprint density at radius 2 is 1.79 bits per heavy atom. The Kier molecular flexibility index (Phi) is 6.95. The summed E-state index contributed by atoms with van der Waals surface area (Å²) in [7, 11) is 0. The molecule has 0 saturated carbocycles. The Hall–Kier alpha value is -1.00. The van der Waals surface area contributed by atoms with Gasteiger partial charge in [-0.15, -0.1) is 0 Å². The van der Waals surface area contributed by atoms with Crippen molar-refractivity contribution >= 4 is 0 Å². The summed E-state index contributed by atoms with van der Waals surface area (Å²) in [6.07, 6.45) is -2.70. The normalized spacial score (nSPS) is 14.9. The number of hydrogen-bond donors (Lipinski definition) is 1. The van der Waals surface area contributed by atoms with Crippen LogP contribution in [0.3, 0.4) is 0 Å². The topological polar surface area (TPSA) is 21.3 Å². The van der Waals surface area contributed by atoms with Gasteiger partial charge in [0.15, 0.2) is 0 Å². The number of likely N-dealkylation sites (N-methyl/N-ethyl adjacent to an activating group) is 1. The molecular formula is C15H23F2NO. The number of nitrogens with one attached hydrogen (secondary N) is 1. The molecule has 19 heavy (non-hydrogen) atoms. The van der Waals surface area contributed by atoms with Crippen molar-refractivity contribution in [3.8, 4) is 0 Å². The number of rotatable bonds is 8. The lowest BCUT2D eigenvalue weighted by molar-refractivity contribution is -0.0566. The average molecular weight is 271 g/mol. The molecule has 0 aliphatic carbocycles. The van der Waals surface area contributed by atoms with Gasteiger partial charge in [-0.2, -0.15) is 0 Å². The van der Waals surface area contributed by atoms with E-state index < -0.39 is 13.0 Å². The maximum absolute atomic E-state index is 12.4. The summed E-state index contributed by atoms with van der Waals surface area (Å²) < 4.78 is 30.2. The Labute approximate surface area is 114 Å². The number of halogens is 2. The van der Waals surface area contributed by atoms with Crippen molar-refractivity contribution in [3.05, 3.63) is 35.9 Å². The highest BCUT2D eigenvalue weighted by atomic mass is 19.3. The lowest BCUT2D eigenvalue weighted by Gasteiger charge is -2.31. The summed E-state index contributed by atoms with van der Waals surface area (Å²) in [5, 5.41) is 3.33. The standard InChI is InChI=1S/C15H23F2NO/c1-4-18-14(12-8-6-5-7-9-12)15(11(2)3)19-10-13(16)17/h5-9,11,13-15,18H,4,10H2,1-3H3. The van der Waals surface area contributed by atoms with E-state index in [1.807, 2.05) is 51.1 Å². The summed E-state index contributed by atoms with van der Waals surface area (Å²) in [5.41, 5.74) is 1.07. The first-order valence-corrected chi connectivity index (χ1v) is 6.74. The second-order valence-electron chi connectivity index (χ2n) is 4.88. The van der Waals surface area contributed by atoms with E-state index in [4.69, 9.17) is 4.74 Å². The van der Waals surface area contributed by atoms with E-state index in [9.17, 15) is 8.78 Å². The molecule has 0 fully saturated rings. The van der Waals surface area contributed by atoms with E-state index in [2.05, 4.69) is 5.32 Å². The van der Waals surface area contributed by atoms with Crippen molar-refractivity contribution in [1.82, 2.24) is 5.32 Å². The van der Waals surface area contributed by atoms with Crippen LogP contribution in [0.25, 0.3) is 0 Å². The Balaban J connectivity index is 2.86. The third kappa shape index (κ3) is 5.25. The molecule has 2 atom stereocenters. The van der Waals surface area contributed by atoms with Gasteiger partial charge in [0.2, 0.25) is 0 Å². The monoisotopic (exact) mass is 271 g/mol. The van der Waals surface area contributed by atoms with Crippen LogP contribution in [0.15, 0.2) is 30.3 Å². The molecule has 1 aromatic rings. The molecule has 0 saturated heterocycles. The van der Waals surface area contributed by atoms with E-state index in [-0.39, 0.29) is 18.1 Å². The minimum atomic E-state index is -2.43. The number of hydrogen-bond acceptors (Lipinski definition) is 2. The Morgan fingerprint density at radius 3 is 2.26 bits per heavy atom. The van der Waals surface area contributed by atoms with Gasteiger partial charge in [-0.25, -0.2) is 8.78 Å². The molecule has 4 heteroatoms. The molecule has 0 spiro atoms. The van der Waals surface area contributed by atoms with E-state index in [0.29, 0.717) is 0 Å². The van der Waals surface area contributed by atoms with Gasteiger partial charge in [0.05, 0.1) is 12.1 Å². The molecule has 108 valence electrons. The van der Waals surface area contributed by atoms with Crippen LogP contribution in [0.5, 0.6) is 0 Å². The van der Waals surface area contributed by atoms with Gasteiger partial charge in [0.25, 0.3) is 6.43 Å². The minimum Gasteiger partial charge on any atom is -0.370 e. The highest BCUT2D eigenvalue weighted by molar-refractivity contribution is 5.20. The fourth-order valence-electron chi connectivity index (χ4n) is 2.16. The van der Waals surface area contributed by atoms with Gasteiger partial charge in [-0.3, -0.25) is 0 Å². The maximum atomic E-state index is 12.4. The molecule has 2 nitrogen and oxygen atoms in total. The summed E-state index contributed by atoms with van der Waals surface area (Å²) in [6, 6.07) is 9.76. The van der Waals surface area contributed by atoms with E-state index in [1.165, 1.54) is 0 Å². The van der Waals surface area contributed by atoms with Gasteiger partial charge in [-0.1, -0.05) is 51.1 Å². The highest BCUT2D eigenvalue weighted by Gasteiger charge is 2.27. The zero-order valence-electron chi connectivity index (χ0n) is 11.8. The molecule has 0 amide bonds. The summed E-state index contributed by atoms with van der Waals surface area (Å²) in [4.78, 5) is 0. The van der Waals surface area contributed by atoms with Crippen molar-refractivity contribution in [1.29, 1.82) is 0 Å². The smallest absolute Gasteiger partial charge is 0.261 e. The van der Waals surface area contributed by atoms with Crippen LogP contribution in [0.1, 0.15) is 32.4 Å². The predicted octanol–water partition coefficient (Wildman–Crippen LogP) is 3.64. The number of ether oxygens (including phenoxy) is 1. The van der Waals surface area contributed by atoms with E-state index >= 15 is 0 Å². The van der Waals surface area contributed by atoms with Gasteiger partial charge >= 0.3 is 0 Å².